The predicted molar refractivity (Wildman–Crippen MR) is 59.7 cm³/mol. The molecule has 1 unspecified atom stereocenters. The predicted octanol–water partition coefficient (Wildman–Crippen LogP) is 1.39. The van der Waals surface area contributed by atoms with Gasteiger partial charge in [0.05, 0.1) is 18.2 Å². The average Bonchev–Trinajstić information content (AvgIpc) is 2.72. The fourth-order valence-corrected chi connectivity index (χ4v) is 2.05. The highest BCUT2D eigenvalue weighted by molar-refractivity contribution is 5.55. The van der Waals surface area contributed by atoms with Gasteiger partial charge in [-0.1, -0.05) is 12.1 Å². The Hall–Kier alpha value is -1.75. The van der Waals surface area contributed by atoms with Crippen molar-refractivity contribution in [1.29, 1.82) is 0 Å². The maximum Gasteiger partial charge on any atom is 0.184 e. The van der Waals surface area contributed by atoms with Gasteiger partial charge in [0.25, 0.3) is 0 Å². The number of aryl methyl sites for hydroxylation is 1. The van der Waals surface area contributed by atoms with E-state index in [4.69, 9.17) is 0 Å². The molecule has 0 spiro atoms. The average molecular weight is 233 g/mol. The van der Waals surface area contributed by atoms with Crippen molar-refractivity contribution >= 4 is 0 Å². The highest BCUT2D eigenvalue weighted by atomic mass is 19.1. The summed E-state index contributed by atoms with van der Waals surface area (Å²) in [5.74, 6) is 0.886. The smallest absolute Gasteiger partial charge is 0.184 e. The van der Waals surface area contributed by atoms with E-state index in [0.29, 0.717) is 30.8 Å². The molecule has 0 fully saturated rings. The Morgan fingerprint density at radius 1 is 1.35 bits per heavy atom. The summed E-state index contributed by atoms with van der Waals surface area (Å²) < 4.78 is 15.2. The van der Waals surface area contributed by atoms with E-state index in [1.165, 1.54) is 6.07 Å². The van der Waals surface area contributed by atoms with E-state index in [0.717, 1.165) is 5.82 Å². The second-order valence-corrected chi connectivity index (χ2v) is 4.21. The molecule has 4 nitrogen and oxygen atoms in total. The molecule has 2 aromatic rings. The third kappa shape index (κ3) is 1.82. The van der Waals surface area contributed by atoms with Crippen LogP contribution in [0.1, 0.15) is 12.2 Å². The third-order valence-electron chi connectivity index (χ3n) is 2.95. The van der Waals surface area contributed by atoms with E-state index in [-0.39, 0.29) is 11.9 Å². The van der Waals surface area contributed by atoms with Crippen LogP contribution in [0.25, 0.3) is 11.4 Å². The lowest BCUT2D eigenvalue weighted by molar-refractivity contribution is 0.124. The number of hydrogen-bond donors (Lipinski definition) is 1. The van der Waals surface area contributed by atoms with Gasteiger partial charge >= 0.3 is 0 Å². The van der Waals surface area contributed by atoms with Crippen LogP contribution in [0.4, 0.5) is 4.39 Å². The van der Waals surface area contributed by atoms with Crippen molar-refractivity contribution in [3.05, 3.63) is 35.9 Å². The molecule has 0 bridgehead atoms. The van der Waals surface area contributed by atoms with Gasteiger partial charge < -0.3 is 5.11 Å². The molecule has 5 heteroatoms. The molecule has 88 valence electrons. The third-order valence-corrected chi connectivity index (χ3v) is 2.95. The van der Waals surface area contributed by atoms with Crippen molar-refractivity contribution in [3.63, 3.8) is 0 Å². The summed E-state index contributed by atoms with van der Waals surface area (Å²) in [6, 6.07) is 6.45. The molecule has 1 aliphatic heterocycles. The Balaban J connectivity index is 2.03. The summed E-state index contributed by atoms with van der Waals surface area (Å²) in [7, 11) is 0. The molecule has 0 saturated carbocycles. The molecule has 1 aromatic carbocycles. The molecule has 1 atom stereocenters. The maximum absolute atomic E-state index is 13.6. The number of aliphatic hydroxyl groups is 1. The highest BCUT2D eigenvalue weighted by Crippen LogP contribution is 2.21. The first kappa shape index (κ1) is 10.4. The van der Waals surface area contributed by atoms with Crippen LogP contribution in [-0.4, -0.2) is 26.0 Å². The molecule has 2 heterocycles. The monoisotopic (exact) mass is 233 g/mol. The van der Waals surface area contributed by atoms with Gasteiger partial charge in [0.2, 0.25) is 0 Å². The van der Waals surface area contributed by atoms with Gasteiger partial charge in [-0.05, 0) is 18.6 Å². The summed E-state index contributed by atoms with van der Waals surface area (Å²) in [4.78, 5) is 4.32. The van der Waals surface area contributed by atoms with Crippen molar-refractivity contribution in [2.45, 2.75) is 25.5 Å². The van der Waals surface area contributed by atoms with E-state index in [1.807, 2.05) is 0 Å². The standard InChI is InChI=1S/C12H12FN3O/c13-10-4-2-1-3-9(10)12-14-11-6-5-8(17)7-16(11)15-12/h1-4,8,17H,5-7H2. The van der Waals surface area contributed by atoms with Crippen molar-refractivity contribution in [2.24, 2.45) is 0 Å². The molecular weight excluding hydrogens is 221 g/mol. The molecule has 0 radical (unpaired) electrons. The zero-order valence-corrected chi connectivity index (χ0v) is 9.17. The fourth-order valence-electron chi connectivity index (χ4n) is 2.05. The van der Waals surface area contributed by atoms with Gasteiger partial charge in [0.1, 0.15) is 11.6 Å². The maximum atomic E-state index is 13.6. The second kappa shape index (κ2) is 3.92. The number of aliphatic hydroxyl groups excluding tert-OH is 1. The van der Waals surface area contributed by atoms with Crippen LogP contribution in [-0.2, 0) is 13.0 Å². The minimum Gasteiger partial charge on any atom is -0.391 e. The van der Waals surface area contributed by atoms with E-state index in [9.17, 15) is 9.50 Å². The lowest BCUT2D eigenvalue weighted by Crippen LogP contribution is -2.25. The molecule has 1 N–H and O–H groups in total. The first-order chi connectivity index (χ1) is 8.24. The Labute approximate surface area is 97.7 Å². The van der Waals surface area contributed by atoms with Crippen molar-refractivity contribution in [1.82, 2.24) is 14.8 Å². The molecule has 0 amide bonds. The van der Waals surface area contributed by atoms with Crippen LogP contribution in [0, 0.1) is 5.82 Å². The van der Waals surface area contributed by atoms with Crippen LogP contribution in [0.15, 0.2) is 24.3 Å². The van der Waals surface area contributed by atoms with E-state index in [1.54, 1.807) is 22.9 Å². The summed E-state index contributed by atoms with van der Waals surface area (Å²) >= 11 is 0. The Bertz CT molecular complexity index is 552. The zero-order chi connectivity index (χ0) is 11.8. The van der Waals surface area contributed by atoms with Crippen molar-refractivity contribution < 1.29 is 9.50 Å². The fraction of sp³-hybridized carbons (Fsp3) is 0.333. The van der Waals surface area contributed by atoms with Crippen molar-refractivity contribution in [2.75, 3.05) is 0 Å². The van der Waals surface area contributed by atoms with Gasteiger partial charge in [0.15, 0.2) is 5.82 Å². The van der Waals surface area contributed by atoms with Crippen LogP contribution in [0.5, 0.6) is 0 Å². The topological polar surface area (TPSA) is 50.9 Å². The molecule has 0 saturated heterocycles. The Morgan fingerprint density at radius 2 is 2.18 bits per heavy atom. The quantitative estimate of drug-likeness (QED) is 0.809. The number of hydrogen-bond acceptors (Lipinski definition) is 3. The van der Waals surface area contributed by atoms with Crippen LogP contribution in [0.2, 0.25) is 0 Å². The normalized spacial score (nSPS) is 19.1. The first-order valence-corrected chi connectivity index (χ1v) is 5.61. The van der Waals surface area contributed by atoms with Gasteiger partial charge in [0, 0.05) is 6.42 Å². The second-order valence-electron chi connectivity index (χ2n) is 4.21. The summed E-state index contributed by atoms with van der Waals surface area (Å²) in [6.45, 7) is 0.441. The largest absolute Gasteiger partial charge is 0.391 e. The molecular formula is C12H12FN3O. The minimum absolute atomic E-state index is 0.323. The van der Waals surface area contributed by atoms with Crippen LogP contribution >= 0.6 is 0 Å². The van der Waals surface area contributed by atoms with E-state index < -0.39 is 0 Å². The Morgan fingerprint density at radius 3 is 3.00 bits per heavy atom. The molecule has 3 rings (SSSR count). The Kier molecular flexibility index (Phi) is 2.40. The number of rotatable bonds is 1. The first-order valence-electron chi connectivity index (χ1n) is 5.61. The molecule has 0 aliphatic carbocycles. The number of benzene rings is 1. The number of aromatic nitrogens is 3. The van der Waals surface area contributed by atoms with Gasteiger partial charge in [-0.15, -0.1) is 0 Å². The number of nitrogens with zero attached hydrogens (tertiary/aromatic N) is 3. The summed E-state index contributed by atoms with van der Waals surface area (Å²) in [5, 5.41) is 13.8. The number of fused-ring (bicyclic) bond motifs is 1. The van der Waals surface area contributed by atoms with Crippen LogP contribution in [0.3, 0.4) is 0 Å². The van der Waals surface area contributed by atoms with E-state index in [2.05, 4.69) is 10.1 Å². The van der Waals surface area contributed by atoms with Gasteiger partial charge in [-0.2, -0.15) is 5.10 Å². The highest BCUT2D eigenvalue weighted by Gasteiger charge is 2.21. The van der Waals surface area contributed by atoms with E-state index >= 15 is 0 Å². The van der Waals surface area contributed by atoms with Crippen molar-refractivity contribution in [3.8, 4) is 11.4 Å². The lowest BCUT2D eigenvalue weighted by atomic mass is 10.1. The van der Waals surface area contributed by atoms with Crippen LogP contribution < -0.4 is 0 Å². The number of halogens is 1. The van der Waals surface area contributed by atoms with Gasteiger partial charge in [-0.25, -0.2) is 14.1 Å². The minimum atomic E-state index is -0.377. The SMILES string of the molecule is OC1CCc2nc(-c3ccccc3F)nn2C1. The molecule has 17 heavy (non-hydrogen) atoms. The summed E-state index contributed by atoms with van der Waals surface area (Å²) in [6.07, 6.45) is 0.996. The summed E-state index contributed by atoms with van der Waals surface area (Å²) in [5.41, 5.74) is 0.406. The molecule has 1 aliphatic rings. The van der Waals surface area contributed by atoms with Gasteiger partial charge in [-0.3, -0.25) is 0 Å². The lowest BCUT2D eigenvalue weighted by Gasteiger charge is -2.16. The zero-order valence-electron chi connectivity index (χ0n) is 9.17. The molecule has 1 aromatic heterocycles.